The third-order valence-electron chi connectivity index (χ3n) is 3.45. The second-order valence-corrected chi connectivity index (χ2v) is 6.31. The molecule has 0 aliphatic heterocycles. The van der Waals surface area contributed by atoms with Crippen molar-refractivity contribution in [1.29, 1.82) is 0 Å². The Balaban J connectivity index is 2.17. The maximum atomic E-state index is 12.5. The number of halogens is 1. The molecule has 0 radical (unpaired) electrons. The summed E-state index contributed by atoms with van der Waals surface area (Å²) in [6, 6.07) is 11.3. The van der Waals surface area contributed by atoms with Crippen LogP contribution in [0, 0.1) is 0 Å². The number of ketones is 1. The van der Waals surface area contributed by atoms with Crippen LogP contribution in [0.15, 0.2) is 42.5 Å². The van der Waals surface area contributed by atoms with Gasteiger partial charge in [0, 0.05) is 10.6 Å². The number of rotatable bonds is 6. The molecule has 132 valence electrons. The van der Waals surface area contributed by atoms with Crippen LogP contribution in [0.4, 0.5) is 0 Å². The zero-order chi connectivity index (χ0) is 18.6. The van der Waals surface area contributed by atoms with Crippen LogP contribution in [0.1, 0.15) is 31.1 Å². The van der Waals surface area contributed by atoms with Gasteiger partial charge in [0.05, 0.1) is 7.11 Å². The van der Waals surface area contributed by atoms with Gasteiger partial charge in [-0.3, -0.25) is 4.79 Å². The monoisotopic (exact) mass is 362 g/mol. The minimum Gasteiger partial charge on any atom is -0.493 e. The fourth-order valence-corrected chi connectivity index (χ4v) is 2.16. The number of ether oxygens (including phenoxy) is 3. The van der Waals surface area contributed by atoms with E-state index in [-0.39, 0.29) is 11.5 Å². The molecule has 0 aromatic heterocycles. The van der Waals surface area contributed by atoms with Crippen molar-refractivity contribution in [2.75, 3.05) is 7.11 Å². The molecule has 0 spiro atoms. The molecule has 2 rings (SSSR count). The minimum absolute atomic E-state index is 0.109. The average molecular weight is 363 g/mol. The van der Waals surface area contributed by atoms with E-state index >= 15 is 0 Å². The van der Waals surface area contributed by atoms with E-state index in [1.165, 1.54) is 26.2 Å². The summed E-state index contributed by atoms with van der Waals surface area (Å²) >= 11 is 5.84. The third-order valence-corrected chi connectivity index (χ3v) is 3.70. The molecule has 0 amide bonds. The summed E-state index contributed by atoms with van der Waals surface area (Å²) in [6.07, 6.45) is 0. The second kappa shape index (κ2) is 7.57. The first kappa shape index (κ1) is 18.8. The van der Waals surface area contributed by atoms with Crippen molar-refractivity contribution in [2.45, 2.75) is 26.4 Å². The highest BCUT2D eigenvalue weighted by Crippen LogP contribution is 2.30. The molecule has 2 aromatic rings. The summed E-state index contributed by atoms with van der Waals surface area (Å²) in [4.78, 5) is 23.9. The van der Waals surface area contributed by atoms with Crippen LogP contribution in [0.2, 0.25) is 5.02 Å². The summed E-state index contributed by atoms with van der Waals surface area (Å²) in [6.45, 7) is 4.64. The third kappa shape index (κ3) is 4.73. The van der Waals surface area contributed by atoms with Gasteiger partial charge in [0.15, 0.2) is 17.3 Å². The fourth-order valence-electron chi connectivity index (χ4n) is 2.03. The van der Waals surface area contributed by atoms with Crippen molar-refractivity contribution < 1.29 is 23.8 Å². The molecule has 0 bridgehead atoms. The lowest BCUT2D eigenvalue weighted by Crippen LogP contribution is -2.41. The van der Waals surface area contributed by atoms with Gasteiger partial charge in [0.25, 0.3) is 0 Å². The molecule has 6 heteroatoms. The van der Waals surface area contributed by atoms with E-state index in [1.807, 2.05) is 0 Å². The summed E-state index contributed by atoms with van der Waals surface area (Å²) in [5, 5.41) is 0.572. The summed E-state index contributed by atoms with van der Waals surface area (Å²) in [5.74, 6) is 0.290. The van der Waals surface area contributed by atoms with Gasteiger partial charge < -0.3 is 14.2 Å². The van der Waals surface area contributed by atoms with Crippen LogP contribution >= 0.6 is 11.6 Å². The van der Waals surface area contributed by atoms with Crippen molar-refractivity contribution in [2.24, 2.45) is 0 Å². The second-order valence-electron chi connectivity index (χ2n) is 5.88. The van der Waals surface area contributed by atoms with Crippen LogP contribution < -0.4 is 14.2 Å². The number of carbonyl (C=O) groups is 2. The lowest BCUT2D eigenvalue weighted by molar-refractivity contribution is -0.149. The van der Waals surface area contributed by atoms with Crippen molar-refractivity contribution in [3.8, 4) is 17.2 Å². The molecule has 0 aliphatic carbocycles. The van der Waals surface area contributed by atoms with Gasteiger partial charge in [-0.15, -0.1) is 0 Å². The Morgan fingerprint density at radius 1 is 1.00 bits per heavy atom. The Labute approximate surface area is 151 Å². The predicted molar refractivity (Wildman–Crippen MR) is 94.8 cm³/mol. The number of Topliss-reactive ketones (excluding diaryl/α,β-unsaturated/α-hetero) is 1. The van der Waals surface area contributed by atoms with E-state index in [2.05, 4.69) is 0 Å². The maximum Gasteiger partial charge on any atom is 0.355 e. The Bertz CT molecular complexity index is 781. The Morgan fingerprint density at radius 2 is 1.64 bits per heavy atom. The molecule has 0 unspecified atom stereocenters. The molecule has 0 saturated carbocycles. The van der Waals surface area contributed by atoms with Crippen LogP contribution in [-0.4, -0.2) is 24.5 Å². The molecule has 25 heavy (non-hydrogen) atoms. The summed E-state index contributed by atoms with van der Waals surface area (Å²) < 4.78 is 16.3. The Morgan fingerprint density at radius 3 is 2.20 bits per heavy atom. The highest BCUT2D eigenvalue weighted by molar-refractivity contribution is 6.30. The van der Waals surface area contributed by atoms with Crippen LogP contribution in [0.5, 0.6) is 17.2 Å². The Hall–Kier alpha value is -2.53. The molecule has 0 N–H and O–H groups in total. The molecule has 0 atom stereocenters. The fraction of sp³-hybridized carbons (Fsp3) is 0.263. The van der Waals surface area contributed by atoms with Gasteiger partial charge in [-0.25, -0.2) is 4.79 Å². The summed E-state index contributed by atoms with van der Waals surface area (Å²) in [5.41, 5.74) is -0.772. The topological polar surface area (TPSA) is 61.8 Å². The number of hydrogen-bond acceptors (Lipinski definition) is 5. The maximum absolute atomic E-state index is 12.5. The quantitative estimate of drug-likeness (QED) is 0.435. The van der Waals surface area contributed by atoms with E-state index in [9.17, 15) is 9.59 Å². The first-order chi connectivity index (χ1) is 11.7. The van der Waals surface area contributed by atoms with E-state index in [1.54, 1.807) is 44.2 Å². The van der Waals surface area contributed by atoms with Gasteiger partial charge in [-0.1, -0.05) is 11.6 Å². The van der Waals surface area contributed by atoms with Gasteiger partial charge in [0.1, 0.15) is 5.75 Å². The molecule has 0 heterocycles. The average Bonchev–Trinajstić information content (AvgIpc) is 2.56. The lowest BCUT2D eigenvalue weighted by atomic mass is 10.1. The van der Waals surface area contributed by atoms with Gasteiger partial charge in [0.2, 0.25) is 5.60 Å². The van der Waals surface area contributed by atoms with Crippen molar-refractivity contribution >= 4 is 23.4 Å². The zero-order valence-corrected chi connectivity index (χ0v) is 15.2. The first-order valence-corrected chi connectivity index (χ1v) is 7.96. The number of hydrogen-bond donors (Lipinski definition) is 0. The number of benzene rings is 2. The SMILES string of the molecule is COc1cc(C(C)=O)ccc1OC(=O)C(C)(C)Oc1ccc(Cl)cc1. The molecule has 0 saturated heterocycles. The molecule has 0 fully saturated rings. The molecular weight excluding hydrogens is 344 g/mol. The van der Waals surface area contributed by atoms with Gasteiger partial charge in [-0.05, 0) is 63.2 Å². The minimum atomic E-state index is -1.24. The number of methoxy groups -OCH3 is 1. The Kier molecular flexibility index (Phi) is 5.69. The van der Waals surface area contributed by atoms with Crippen LogP contribution in [-0.2, 0) is 4.79 Å². The predicted octanol–water partition coefficient (Wildman–Crippen LogP) is 4.31. The molecule has 5 nitrogen and oxygen atoms in total. The van der Waals surface area contributed by atoms with Crippen LogP contribution in [0.3, 0.4) is 0 Å². The number of carbonyl (C=O) groups excluding carboxylic acids is 2. The van der Waals surface area contributed by atoms with E-state index in [0.717, 1.165) is 0 Å². The molecular formula is C19H19ClO5. The van der Waals surface area contributed by atoms with Gasteiger partial charge in [-0.2, -0.15) is 0 Å². The summed E-state index contributed by atoms with van der Waals surface area (Å²) in [7, 11) is 1.44. The highest BCUT2D eigenvalue weighted by Gasteiger charge is 2.33. The lowest BCUT2D eigenvalue weighted by Gasteiger charge is -2.24. The van der Waals surface area contributed by atoms with E-state index in [0.29, 0.717) is 22.1 Å². The first-order valence-electron chi connectivity index (χ1n) is 7.59. The van der Waals surface area contributed by atoms with Crippen molar-refractivity contribution in [1.82, 2.24) is 0 Å². The zero-order valence-electron chi connectivity index (χ0n) is 14.5. The smallest absolute Gasteiger partial charge is 0.355 e. The van der Waals surface area contributed by atoms with Crippen molar-refractivity contribution in [3.63, 3.8) is 0 Å². The highest BCUT2D eigenvalue weighted by atomic mass is 35.5. The normalized spacial score (nSPS) is 10.9. The van der Waals surface area contributed by atoms with Gasteiger partial charge >= 0.3 is 5.97 Å². The molecule has 0 aliphatic rings. The molecule has 2 aromatic carbocycles. The van der Waals surface area contributed by atoms with E-state index < -0.39 is 11.6 Å². The number of esters is 1. The largest absolute Gasteiger partial charge is 0.493 e. The van der Waals surface area contributed by atoms with E-state index in [4.69, 9.17) is 25.8 Å². The van der Waals surface area contributed by atoms with Crippen LogP contribution in [0.25, 0.3) is 0 Å². The standard InChI is InChI=1S/C19H19ClO5/c1-12(21)13-5-10-16(17(11-13)23-4)24-18(22)19(2,3)25-15-8-6-14(20)7-9-15/h5-11H,1-4H3. The van der Waals surface area contributed by atoms with Crippen molar-refractivity contribution in [3.05, 3.63) is 53.1 Å².